The van der Waals surface area contributed by atoms with E-state index >= 15 is 0 Å². The van der Waals surface area contributed by atoms with Gasteiger partial charge in [0.15, 0.2) is 5.82 Å². The van der Waals surface area contributed by atoms with Crippen LogP contribution in [0.25, 0.3) is 0 Å². The highest BCUT2D eigenvalue weighted by Gasteiger charge is 2.26. The number of tetrazole rings is 1. The van der Waals surface area contributed by atoms with Crippen molar-refractivity contribution in [1.82, 2.24) is 25.1 Å². The average molecular weight is 268 g/mol. The van der Waals surface area contributed by atoms with Gasteiger partial charge in [-0.2, -0.15) is 0 Å². The molecule has 2 rings (SSSR count). The van der Waals surface area contributed by atoms with Gasteiger partial charge in [0.2, 0.25) is 0 Å². The molecule has 1 aliphatic heterocycles. The van der Waals surface area contributed by atoms with Gasteiger partial charge in [0.1, 0.15) is 6.10 Å². The first-order chi connectivity index (χ1) is 9.35. The summed E-state index contributed by atoms with van der Waals surface area (Å²) in [4.78, 5) is 2.41. The number of unbranched alkanes of at least 4 members (excludes halogenated alkanes) is 1. The van der Waals surface area contributed by atoms with Crippen molar-refractivity contribution < 1.29 is 4.74 Å². The predicted molar refractivity (Wildman–Crippen MR) is 71.5 cm³/mol. The van der Waals surface area contributed by atoms with Crippen LogP contribution in [0.3, 0.4) is 0 Å². The monoisotopic (exact) mass is 268 g/mol. The highest BCUT2D eigenvalue weighted by atomic mass is 16.5. The molecule has 19 heavy (non-hydrogen) atoms. The molecule has 0 amide bonds. The van der Waals surface area contributed by atoms with E-state index in [1.807, 2.05) is 4.68 Å². The van der Waals surface area contributed by atoms with Crippen LogP contribution in [0.5, 0.6) is 0 Å². The maximum absolute atomic E-state index is 5.82. The molecule has 7 nitrogen and oxygen atoms in total. The number of hydrogen-bond donors (Lipinski definition) is 1. The molecule has 2 heterocycles. The van der Waals surface area contributed by atoms with Crippen molar-refractivity contribution in [3.63, 3.8) is 0 Å². The highest BCUT2D eigenvalue weighted by Crippen LogP contribution is 2.20. The highest BCUT2D eigenvalue weighted by molar-refractivity contribution is 4.91. The third-order valence-corrected chi connectivity index (χ3v) is 3.36. The Kier molecular flexibility index (Phi) is 5.68. The first kappa shape index (κ1) is 14.4. The Morgan fingerprint density at radius 1 is 1.37 bits per heavy atom. The number of morpholine rings is 1. The van der Waals surface area contributed by atoms with Crippen LogP contribution < -0.4 is 5.73 Å². The van der Waals surface area contributed by atoms with E-state index in [4.69, 9.17) is 10.5 Å². The van der Waals surface area contributed by atoms with Gasteiger partial charge in [-0.1, -0.05) is 6.92 Å². The Morgan fingerprint density at radius 3 is 3.05 bits per heavy atom. The quantitative estimate of drug-likeness (QED) is 0.711. The minimum Gasteiger partial charge on any atom is -0.367 e. The molecule has 0 spiro atoms. The fourth-order valence-corrected chi connectivity index (χ4v) is 2.39. The van der Waals surface area contributed by atoms with Crippen molar-refractivity contribution in [2.24, 2.45) is 5.73 Å². The van der Waals surface area contributed by atoms with Crippen LogP contribution in [-0.4, -0.2) is 57.9 Å². The SMILES string of the molecule is CCCN1CCOC(c2nnnn2CCCCN)C1. The molecule has 0 aromatic carbocycles. The van der Waals surface area contributed by atoms with Gasteiger partial charge in [0.05, 0.1) is 6.61 Å². The number of ether oxygens (including phenoxy) is 1. The summed E-state index contributed by atoms with van der Waals surface area (Å²) in [6.45, 7) is 7.45. The lowest BCUT2D eigenvalue weighted by molar-refractivity contribution is -0.0363. The van der Waals surface area contributed by atoms with E-state index in [9.17, 15) is 0 Å². The summed E-state index contributed by atoms with van der Waals surface area (Å²) < 4.78 is 7.67. The molecule has 1 saturated heterocycles. The molecule has 0 radical (unpaired) electrons. The number of aromatic nitrogens is 4. The Hall–Kier alpha value is -1.05. The number of nitrogens with two attached hydrogens (primary N) is 1. The number of aryl methyl sites for hydroxylation is 1. The molecule has 2 N–H and O–H groups in total. The normalized spacial score (nSPS) is 20.8. The predicted octanol–water partition coefficient (Wildman–Crippen LogP) is 0.195. The molecular formula is C12H24N6O. The second-order valence-corrected chi connectivity index (χ2v) is 4.92. The van der Waals surface area contributed by atoms with Crippen molar-refractivity contribution in [2.45, 2.75) is 38.8 Å². The summed E-state index contributed by atoms with van der Waals surface area (Å²) in [5, 5.41) is 12.0. The van der Waals surface area contributed by atoms with E-state index < -0.39 is 0 Å². The molecule has 1 unspecified atom stereocenters. The minimum absolute atomic E-state index is 0.00632. The number of rotatable bonds is 7. The molecule has 7 heteroatoms. The first-order valence-corrected chi connectivity index (χ1v) is 7.15. The van der Waals surface area contributed by atoms with E-state index in [1.165, 1.54) is 0 Å². The van der Waals surface area contributed by atoms with Gasteiger partial charge >= 0.3 is 0 Å². The lowest BCUT2D eigenvalue weighted by Gasteiger charge is -2.31. The fraction of sp³-hybridized carbons (Fsp3) is 0.917. The summed E-state index contributed by atoms with van der Waals surface area (Å²) >= 11 is 0. The Bertz CT molecular complexity index is 367. The molecular weight excluding hydrogens is 244 g/mol. The van der Waals surface area contributed by atoms with Crippen molar-refractivity contribution in [1.29, 1.82) is 0 Å². The number of nitrogens with zero attached hydrogens (tertiary/aromatic N) is 5. The molecule has 1 atom stereocenters. The van der Waals surface area contributed by atoms with Crippen molar-refractivity contribution in [3.8, 4) is 0 Å². The van der Waals surface area contributed by atoms with Gasteiger partial charge in [-0.15, -0.1) is 5.10 Å². The summed E-state index contributed by atoms with van der Waals surface area (Å²) in [6.07, 6.45) is 3.15. The van der Waals surface area contributed by atoms with E-state index in [1.54, 1.807) is 0 Å². The Morgan fingerprint density at radius 2 is 2.26 bits per heavy atom. The summed E-state index contributed by atoms with van der Waals surface area (Å²) in [5.74, 6) is 0.845. The summed E-state index contributed by atoms with van der Waals surface area (Å²) in [6, 6.07) is 0. The van der Waals surface area contributed by atoms with Gasteiger partial charge < -0.3 is 10.5 Å². The van der Waals surface area contributed by atoms with Crippen LogP contribution in [-0.2, 0) is 11.3 Å². The average Bonchev–Trinajstić information content (AvgIpc) is 2.88. The van der Waals surface area contributed by atoms with Crippen LogP contribution in [0.2, 0.25) is 0 Å². The minimum atomic E-state index is -0.00632. The molecule has 1 aromatic heterocycles. The van der Waals surface area contributed by atoms with E-state index in [-0.39, 0.29) is 6.10 Å². The molecule has 0 bridgehead atoms. The van der Waals surface area contributed by atoms with Gasteiger partial charge in [-0.05, 0) is 42.8 Å². The van der Waals surface area contributed by atoms with Gasteiger partial charge in [0, 0.05) is 19.6 Å². The van der Waals surface area contributed by atoms with E-state index in [0.717, 1.165) is 57.9 Å². The summed E-state index contributed by atoms with van der Waals surface area (Å²) in [5.41, 5.74) is 5.51. The zero-order valence-corrected chi connectivity index (χ0v) is 11.7. The molecule has 108 valence electrons. The maximum Gasteiger partial charge on any atom is 0.181 e. The van der Waals surface area contributed by atoms with Crippen molar-refractivity contribution in [3.05, 3.63) is 5.82 Å². The largest absolute Gasteiger partial charge is 0.367 e. The molecule has 1 aromatic rings. The maximum atomic E-state index is 5.82. The smallest absolute Gasteiger partial charge is 0.181 e. The fourth-order valence-electron chi connectivity index (χ4n) is 2.39. The van der Waals surface area contributed by atoms with Crippen LogP contribution >= 0.6 is 0 Å². The van der Waals surface area contributed by atoms with Crippen LogP contribution in [0.15, 0.2) is 0 Å². The number of hydrogen-bond acceptors (Lipinski definition) is 6. The zero-order chi connectivity index (χ0) is 13.5. The van der Waals surface area contributed by atoms with Gasteiger partial charge in [0.25, 0.3) is 0 Å². The van der Waals surface area contributed by atoms with Crippen LogP contribution in [0, 0.1) is 0 Å². The van der Waals surface area contributed by atoms with Crippen molar-refractivity contribution in [2.75, 3.05) is 32.8 Å². The first-order valence-electron chi connectivity index (χ1n) is 7.15. The lowest BCUT2D eigenvalue weighted by atomic mass is 10.2. The third-order valence-electron chi connectivity index (χ3n) is 3.36. The molecule has 1 fully saturated rings. The molecule has 1 aliphatic rings. The summed E-state index contributed by atoms with van der Waals surface area (Å²) in [7, 11) is 0. The Labute approximate surface area is 114 Å². The second kappa shape index (κ2) is 7.52. The van der Waals surface area contributed by atoms with Crippen molar-refractivity contribution >= 4 is 0 Å². The van der Waals surface area contributed by atoms with Gasteiger partial charge in [-0.3, -0.25) is 4.90 Å². The van der Waals surface area contributed by atoms with E-state index in [0.29, 0.717) is 6.54 Å². The van der Waals surface area contributed by atoms with E-state index in [2.05, 4.69) is 27.3 Å². The Balaban J connectivity index is 1.94. The standard InChI is InChI=1S/C12H24N6O/c1-2-6-17-8-9-19-11(10-17)12-14-15-16-18(12)7-4-3-5-13/h11H,2-10,13H2,1H3. The second-order valence-electron chi connectivity index (χ2n) is 4.92. The van der Waals surface area contributed by atoms with Crippen LogP contribution in [0.1, 0.15) is 38.1 Å². The zero-order valence-electron chi connectivity index (χ0n) is 11.7. The topological polar surface area (TPSA) is 82.1 Å². The van der Waals surface area contributed by atoms with Gasteiger partial charge in [-0.25, -0.2) is 4.68 Å². The molecule has 0 aliphatic carbocycles. The lowest BCUT2D eigenvalue weighted by Crippen LogP contribution is -2.39. The van der Waals surface area contributed by atoms with Crippen LogP contribution in [0.4, 0.5) is 0 Å². The molecule has 0 saturated carbocycles. The third kappa shape index (κ3) is 3.95.